The van der Waals surface area contributed by atoms with Gasteiger partial charge in [0.25, 0.3) is 5.91 Å². The van der Waals surface area contributed by atoms with Crippen LogP contribution in [0, 0.1) is 0 Å². The number of carbonyl (C=O) groups is 2. The molecule has 8 nitrogen and oxygen atoms in total. The molecule has 1 aliphatic heterocycles. The van der Waals surface area contributed by atoms with E-state index in [0.29, 0.717) is 11.4 Å². The van der Waals surface area contributed by atoms with E-state index in [1.165, 1.54) is 24.3 Å². The van der Waals surface area contributed by atoms with E-state index in [1.54, 1.807) is 6.92 Å². The molecule has 1 amide bonds. The maximum atomic E-state index is 12.2. The molecule has 0 unspecified atom stereocenters. The number of hydrazone groups is 1. The van der Waals surface area contributed by atoms with E-state index < -0.39 is 21.9 Å². The summed E-state index contributed by atoms with van der Waals surface area (Å²) in [6.45, 7) is 5.58. The van der Waals surface area contributed by atoms with Gasteiger partial charge in [-0.05, 0) is 31.2 Å². The van der Waals surface area contributed by atoms with Crippen LogP contribution in [0.25, 0.3) is 0 Å². The van der Waals surface area contributed by atoms with Gasteiger partial charge in [-0.1, -0.05) is 6.58 Å². The lowest BCUT2D eigenvalue weighted by molar-refractivity contribution is -0.141. The fraction of sp³-hybridized carbons (Fsp3) is 0.267. The van der Waals surface area contributed by atoms with Gasteiger partial charge in [0.1, 0.15) is 0 Å². The Labute approximate surface area is 139 Å². The van der Waals surface area contributed by atoms with Crippen molar-refractivity contribution in [3.05, 3.63) is 36.4 Å². The summed E-state index contributed by atoms with van der Waals surface area (Å²) in [5, 5.41) is 5.22. The van der Waals surface area contributed by atoms with Crippen molar-refractivity contribution in [2.24, 2.45) is 5.10 Å². The first kappa shape index (κ1) is 17.7. The van der Waals surface area contributed by atoms with Crippen LogP contribution in [0.2, 0.25) is 0 Å². The van der Waals surface area contributed by atoms with Crippen molar-refractivity contribution in [1.29, 1.82) is 0 Å². The van der Waals surface area contributed by atoms with Gasteiger partial charge < -0.3 is 4.74 Å². The summed E-state index contributed by atoms with van der Waals surface area (Å²) in [4.78, 5) is 23.8. The van der Waals surface area contributed by atoms with Gasteiger partial charge in [0.05, 0.1) is 36.3 Å². The average molecular weight is 351 g/mol. The molecule has 2 rings (SSSR count). The molecule has 0 saturated heterocycles. The molecule has 0 aliphatic carbocycles. The van der Waals surface area contributed by atoms with Gasteiger partial charge in [0, 0.05) is 5.69 Å². The van der Waals surface area contributed by atoms with Crippen molar-refractivity contribution in [2.75, 3.05) is 22.6 Å². The number of amides is 1. The molecule has 24 heavy (non-hydrogen) atoms. The second-order valence-corrected chi connectivity index (χ2v) is 6.79. The third-order valence-corrected chi connectivity index (χ3v) is 3.66. The second kappa shape index (κ2) is 6.83. The van der Waals surface area contributed by atoms with E-state index in [-0.39, 0.29) is 24.3 Å². The number of carbonyl (C=O) groups excluding carboxylic acids is 2. The SMILES string of the molecule is C=C1C(=O)N(c2ccc(NS(C)(=O)=O)cc2)N=C1CC(=O)OCC. The predicted molar refractivity (Wildman–Crippen MR) is 90.2 cm³/mol. The first-order chi connectivity index (χ1) is 11.2. The Kier molecular flexibility index (Phi) is 5.03. The molecule has 128 valence electrons. The lowest BCUT2D eigenvalue weighted by Gasteiger charge is -2.12. The Morgan fingerprint density at radius 1 is 1.33 bits per heavy atom. The highest BCUT2D eigenvalue weighted by molar-refractivity contribution is 7.92. The molecular formula is C15H17N3O5S. The Morgan fingerprint density at radius 2 is 1.96 bits per heavy atom. The summed E-state index contributed by atoms with van der Waals surface area (Å²) >= 11 is 0. The number of nitrogens with one attached hydrogen (secondary N) is 1. The first-order valence-electron chi connectivity index (χ1n) is 7.06. The third-order valence-electron chi connectivity index (χ3n) is 3.05. The number of rotatable bonds is 6. The van der Waals surface area contributed by atoms with Crippen LogP contribution in [0.5, 0.6) is 0 Å². The van der Waals surface area contributed by atoms with E-state index in [0.717, 1.165) is 11.3 Å². The fourth-order valence-electron chi connectivity index (χ4n) is 2.03. The van der Waals surface area contributed by atoms with Gasteiger partial charge in [-0.15, -0.1) is 0 Å². The average Bonchev–Trinajstić information content (AvgIpc) is 2.75. The van der Waals surface area contributed by atoms with Crippen LogP contribution < -0.4 is 9.73 Å². The molecule has 0 bridgehead atoms. The highest BCUT2D eigenvalue weighted by Crippen LogP contribution is 2.25. The van der Waals surface area contributed by atoms with Crippen LogP contribution in [-0.4, -0.2) is 38.9 Å². The zero-order chi connectivity index (χ0) is 17.9. The molecule has 0 radical (unpaired) electrons. The van der Waals surface area contributed by atoms with Gasteiger partial charge in [0.15, 0.2) is 0 Å². The normalized spacial score (nSPS) is 14.6. The molecule has 0 atom stereocenters. The van der Waals surface area contributed by atoms with E-state index in [2.05, 4.69) is 16.4 Å². The lowest BCUT2D eigenvalue weighted by Crippen LogP contribution is -2.21. The third kappa shape index (κ3) is 4.19. The highest BCUT2D eigenvalue weighted by atomic mass is 32.2. The predicted octanol–water partition coefficient (Wildman–Crippen LogP) is 1.27. The van der Waals surface area contributed by atoms with Crippen LogP contribution in [0.1, 0.15) is 13.3 Å². The van der Waals surface area contributed by atoms with Crippen LogP contribution in [0.4, 0.5) is 11.4 Å². The number of anilines is 2. The largest absolute Gasteiger partial charge is 0.466 e. The summed E-state index contributed by atoms with van der Waals surface area (Å²) in [7, 11) is -3.38. The van der Waals surface area contributed by atoms with Crippen molar-refractivity contribution in [1.82, 2.24) is 0 Å². The number of ether oxygens (including phenoxy) is 1. The zero-order valence-electron chi connectivity index (χ0n) is 13.3. The van der Waals surface area contributed by atoms with Crippen LogP contribution in [0.15, 0.2) is 41.5 Å². The highest BCUT2D eigenvalue weighted by Gasteiger charge is 2.30. The summed E-state index contributed by atoms with van der Waals surface area (Å²) in [6, 6.07) is 6.08. The molecular weight excluding hydrogens is 334 g/mol. The number of hydrogen-bond acceptors (Lipinski definition) is 6. The number of esters is 1. The molecule has 0 aromatic heterocycles. The molecule has 1 aromatic rings. The van der Waals surface area contributed by atoms with E-state index >= 15 is 0 Å². The first-order valence-corrected chi connectivity index (χ1v) is 8.95. The maximum Gasteiger partial charge on any atom is 0.311 e. The summed E-state index contributed by atoms with van der Waals surface area (Å²) in [6.07, 6.45) is 0.906. The van der Waals surface area contributed by atoms with Crippen molar-refractivity contribution >= 4 is 39.0 Å². The van der Waals surface area contributed by atoms with Gasteiger partial charge in [0.2, 0.25) is 10.0 Å². The fourth-order valence-corrected chi connectivity index (χ4v) is 2.59. The Bertz CT molecular complexity index is 812. The van der Waals surface area contributed by atoms with Gasteiger partial charge in [-0.3, -0.25) is 14.3 Å². The summed E-state index contributed by atoms with van der Waals surface area (Å²) in [5.74, 6) is -0.933. The minimum absolute atomic E-state index is 0.126. The van der Waals surface area contributed by atoms with Gasteiger partial charge in [-0.25, -0.2) is 8.42 Å². The quantitative estimate of drug-likeness (QED) is 0.614. The van der Waals surface area contributed by atoms with Crippen molar-refractivity contribution in [3.63, 3.8) is 0 Å². The standard InChI is InChI=1S/C15H17N3O5S/c1-4-23-14(19)9-13-10(2)15(20)18(16-13)12-7-5-11(6-8-12)17-24(3,21)22/h5-8,17H,2,4,9H2,1,3H3. The van der Waals surface area contributed by atoms with Gasteiger partial charge in [-0.2, -0.15) is 10.1 Å². The van der Waals surface area contributed by atoms with E-state index in [9.17, 15) is 18.0 Å². The minimum atomic E-state index is -3.38. The second-order valence-electron chi connectivity index (χ2n) is 5.05. The summed E-state index contributed by atoms with van der Waals surface area (Å²) < 4.78 is 29.5. The number of nitrogens with zero attached hydrogens (tertiary/aromatic N) is 2. The number of hydrogen-bond donors (Lipinski definition) is 1. The number of sulfonamides is 1. The Hall–Kier alpha value is -2.68. The van der Waals surface area contributed by atoms with Gasteiger partial charge >= 0.3 is 5.97 Å². The zero-order valence-corrected chi connectivity index (χ0v) is 14.1. The number of benzene rings is 1. The van der Waals surface area contributed by atoms with Crippen LogP contribution in [-0.2, 0) is 24.3 Å². The van der Waals surface area contributed by atoms with Crippen LogP contribution in [0.3, 0.4) is 0 Å². The molecule has 1 N–H and O–H groups in total. The van der Waals surface area contributed by atoms with E-state index in [4.69, 9.17) is 4.74 Å². The molecule has 0 spiro atoms. The molecule has 1 aromatic carbocycles. The minimum Gasteiger partial charge on any atom is -0.466 e. The van der Waals surface area contributed by atoms with Crippen molar-refractivity contribution in [2.45, 2.75) is 13.3 Å². The molecule has 1 heterocycles. The van der Waals surface area contributed by atoms with Crippen LogP contribution >= 0.6 is 0 Å². The van der Waals surface area contributed by atoms with Crippen molar-refractivity contribution < 1.29 is 22.7 Å². The lowest BCUT2D eigenvalue weighted by atomic mass is 10.1. The molecule has 9 heteroatoms. The molecule has 0 fully saturated rings. The molecule has 0 saturated carbocycles. The molecule has 1 aliphatic rings. The van der Waals surface area contributed by atoms with Crippen molar-refractivity contribution in [3.8, 4) is 0 Å². The Balaban J connectivity index is 2.19. The monoisotopic (exact) mass is 351 g/mol. The smallest absolute Gasteiger partial charge is 0.311 e. The summed E-state index contributed by atoms with van der Waals surface area (Å²) in [5.41, 5.74) is 1.17. The maximum absolute atomic E-state index is 12.2. The van der Waals surface area contributed by atoms with E-state index in [1.807, 2.05) is 0 Å². The topological polar surface area (TPSA) is 105 Å². The Morgan fingerprint density at radius 3 is 2.50 bits per heavy atom.